The van der Waals surface area contributed by atoms with Crippen molar-refractivity contribution in [2.75, 3.05) is 0 Å². The Hall–Kier alpha value is -1.59. The molecule has 0 unspecified atom stereocenters. The molecule has 0 spiro atoms. The van der Waals surface area contributed by atoms with Crippen LogP contribution in [0.3, 0.4) is 0 Å². The van der Waals surface area contributed by atoms with E-state index in [1.807, 2.05) is 19.9 Å². The lowest BCUT2D eigenvalue weighted by atomic mass is 10.0. The molecule has 1 aliphatic rings. The fraction of sp³-hybridized carbons (Fsp3) is 0.412. The highest BCUT2D eigenvalue weighted by molar-refractivity contribution is 5.75. The summed E-state index contributed by atoms with van der Waals surface area (Å²) >= 11 is 0. The Bertz CT molecular complexity index is 607. The van der Waals surface area contributed by atoms with E-state index >= 15 is 0 Å². The van der Waals surface area contributed by atoms with Crippen LogP contribution in [0.5, 0.6) is 0 Å². The molecule has 22 heavy (non-hydrogen) atoms. The normalized spacial score (nSPS) is 18.0. The van der Waals surface area contributed by atoms with Crippen molar-refractivity contribution in [2.24, 2.45) is 5.92 Å². The largest absolute Gasteiger partial charge is 0.376 e. The van der Waals surface area contributed by atoms with Crippen LogP contribution in [0.1, 0.15) is 38.6 Å². The van der Waals surface area contributed by atoms with Gasteiger partial charge in [-0.25, -0.2) is 13.8 Å². The Labute approximate surface area is 129 Å². The van der Waals surface area contributed by atoms with Gasteiger partial charge in [0.1, 0.15) is 17.4 Å². The molecule has 1 aliphatic carbocycles. The highest BCUT2D eigenvalue weighted by atomic mass is 19.1. The maximum atomic E-state index is 13.9. The van der Waals surface area contributed by atoms with Crippen LogP contribution >= 0.6 is 0 Å². The van der Waals surface area contributed by atoms with Crippen molar-refractivity contribution >= 4 is 5.57 Å². The number of hydrogen-bond donors (Lipinski definition) is 2. The van der Waals surface area contributed by atoms with Crippen molar-refractivity contribution < 1.29 is 13.9 Å². The van der Waals surface area contributed by atoms with Crippen LogP contribution in [0, 0.1) is 18.2 Å². The van der Waals surface area contributed by atoms with E-state index < -0.39 is 11.5 Å². The first-order valence-electron chi connectivity index (χ1n) is 7.34. The molecular weight excluding hydrogens is 286 g/mol. The molecule has 0 amide bonds. The third-order valence-electron chi connectivity index (χ3n) is 3.91. The van der Waals surface area contributed by atoms with Gasteiger partial charge < -0.3 is 5.11 Å². The van der Waals surface area contributed by atoms with Gasteiger partial charge in [-0.3, -0.25) is 5.32 Å². The molecule has 2 N–H and O–H groups in total. The fourth-order valence-corrected chi connectivity index (χ4v) is 1.98. The second-order valence-corrected chi connectivity index (χ2v) is 5.88. The molecule has 1 aromatic rings. The van der Waals surface area contributed by atoms with E-state index in [2.05, 4.69) is 10.3 Å². The lowest BCUT2D eigenvalue weighted by Gasteiger charge is -2.29. The summed E-state index contributed by atoms with van der Waals surface area (Å²) in [5.74, 6) is -0.884. The summed E-state index contributed by atoms with van der Waals surface area (Å²) in [7, 11) is 0. The third-order valence-corrected chi connectivity index (χ3v) is 3.91. The van der Waals surface area contributed by atoms with Crippen LogP contribution in [0.4, 0.5) is 8.78 Å². The Kier molecular flexibility index (Phi) is 5.08. The summed E-state index contributed by atoms with van der Waals surface area (Å²) in [6.07, 6.45) is 5.48. The summed E-state index contributed by atoms with van der Waals surface area (Å²) in [4.78, 5) is 4.19. The molecule has 0 fully saturated rings. The van der Waals surface area contributed by atoms with Crippen molar-refractivity contribution in [3.8, 4) is 0 Å². The summed E-state index contributed by atoms with van der Waals surface area (Å²) < 4.78 is 27.7. The molecule has 0 aromatic carbocycles. The van der Waals surface area contributed by atoms with Gasteiger partial charge in [-0.1, -0.05) is 26.0 Å². The third kappa shape index (κ3) is 3.78. The van der Waals surface area contributed by atoms with E-state index in [0.717, 1.165) is 0 Å². The molecule has 1 aromatic heterocycles. The molecule has 2 rings (SSSR count). The number of aromatic nitrogens is 1. The monoisotopic (exact) mass is 307 g/mol. The van der Waals surface area contributed by atoms with E-state index in [-0.39, 0.29) is 24.0 Å². The second kappa shape index (κ2) is 6.67. The van der Waals surface area contributed by atoms with Crippen molar-refractivity contribution in [1.82, 2.24) is 10.3 Å². The van der Waals surface area contributed by atoms with Crippen molar-refractivity contribution in [2.45, 2.75) is 39.5 Å². The number of nitrogens with zero attached hydrogens (tertiary/aromatic N) is 1. The van der Waals surface area contributed by atoms with Crippen LogP contribution in [-0.2, 0) is 6.54 Å². The number of nitrogens with one attached hydrogen (secondary N) is 1. The lowest BCUT2D eigenvalue weighted by molar-refractivity contribution is -0.0219. The summed E-state index contributed by atoms with van der Waals surface area (Å²) in [5.41, 5.74) is -0.249. The average molecular weight is 307 g/mol. The number of allylic oxidation sites excluding steroid dienone is 4. The smallest absolute Gasteiger partial charge is 0.146 e. The Morgan fingerprint density at radius 1 is 1.36 bits per heavy atom. The van der Waals surface area contributed by atoms with Crippen LogP contribution < -0.4 is 5.32 Å². The maximum Gasteiger partial charge on any atom is 0.146 e. The molecule has 3 nitrogen and oxygen atoms in total. The van der Waals surface area contributed by atoms with Gasteiger partial charge in [-0.15, -0.1) is 0 Å². The summed E-state index contributed by atoms with van der Waals surface area (Å²) in [5, 5.41) is 13.0. The zero-order chi connectivity index (χ0) is 16.3. The minimum atomic E-state index is -1.13. The van der Waals surface area contributed by atoms with Gasteiger partial charge in [0, 0.05) is 18.5 Å². The van der Waals surface area contributed by atoms with Crippen molar-refractivity contribution in [3.05, 3.63) is 53.7 Å². The Balaban J connectivity index is 2.23. The minimum Gasteiger partial charge on any atom is -0.376 e. The van der Waals surface area contributed by atoms with Gasteiger partial charge in [0.15, 0.2) is 0 Å². The molecule has 0 bridgehead atoms. The first kappa shape index (κ1) is 16.8. The van der Waals surface area contributed by atoms with Crippen LogP contribution in [0.2, 0.25) is 0 Å². The maximum absolute atomic E-state index is 13.9. The molecule has 1 radical (unpaired) electrons. The van der Waals surface area contributed by atoms with Gasteiger partial charge >= 0.3 is 0 Å². The molecule has 0 saturated heterocycles. The predicted octanol–water partition coefficient (Wildman–Crippen LogP) is 3.52. The van der Waals surface area contributed by atoms with Gasteiger partial charge in [0.2, 0.25) is 0 Å². The number of aliphatic hydroxyl groups is 1. The molecule has 1 heterocycles. The van der Waals surface area contributed by atoms with Crippen molar-refractivity contribution in [1.29, 1.82) is 0 Å². The standard InChI is InChI=1S/C17H21F2N2O/c1-11(2)17(3,22)20-10-16-14(19)8-9-15(21-16)12-6-4-5-7-13(12)18/h4,6-9,11,20,22H,5,10H2,1-3H3/t17-/m1/s1. The van der Waals surface area contributed by atoms with E-state index in [9.17, 15) is 13.9 Å². The number of hydrogen-bond acceptors (Lipinski definition) is 3. The summed E-state index contributed by atoms with van der Waals surface area (Å²) in [6, 6.07) is 2.73. The average Bonchev–Trinajstić information content (AvgIpc) is 2.47. The van der Waals surface area contributed by atoms with E-state index in [4.69, 9.17) is 0 Å². The zero-order valence-corrected chi connectivity index (χ0v) is 13.0. The van der Waals surface area contributed by atoms with Crippen LogP contribution in [0.25, 0.3) is 5.57 Å². The first-order chi connectivity index (χ1) is 10.3. The Morgan fingerprint density at radius 2 is 2.09 bits per heavy atom. The van der Waals surface area contributed by atoms with E-state index in [1.54, 1.807) is 13.0 Å². The predicted molar refractivity (Wildman–Crippen MR) is 82.6 cm³/mol. The van der Waals surface area contributed by atoms with Crippen LogP contribution in [0.15, 0.2) is 30.1 Å². The number of pyridine rings is 1. The second-order valence-electron chi connectivity index (χ2n) is 5.88. The molecule has 5 heteroatoms. The molecular formula is C17H21F2N2O. The van der Waals surface area contributed by atoms with Gasteiger partial charge in [-0.05, 0) is 31.4 Å². The molecule has 0 aliphatic heterocycles. The van der Waals surface area contributed by atoms with Gasteiger partial charge in [-0.2, -0.15) is 0 Å². The Morgan fingerprint density at radius 3 is 2.73 bits per heavy atom. The number of rotatable bonds is 5. The lowest BCUT2D eigenvalue weighted by Crippen LogP contribution is -2.46. The topological polar surface area (TPSA) is 45.1 Å². The SMILES string of the molecule is CC(C)[C@@](C)(O)NCc1nc(C2=C(F)[CH]CC=C2)ccc1F. The van der Waals surface area contributed by atoms with Gasteiger partial charge in [0.05, 0.1) is 11.4 Å². The number of halogens is 2. The highest BCUT2D eigenvalue weighted by Crippen LogP contribution is 2.27. The van der Waals surface area contributed by atoms with E-state index in [1.165, 1.54) is 18.6 Å². The zero-order valence-electron chi connectivity index (χ0n) is 13.0. The minimum absolute atomic E-state index is 0.0465. The quantitative estimate of drug-likeness (QED) is 0.818. The molecule has 0 saturated carbocycles. The van der Waals surface area contributed by atoms with E-state index in [0.29, 0.717) is 17.7 Å². The molecule has 1 atom stereocenters. The van der Waals surface area contributed by atoms with Gasteiger partial charge in [0.25, 0.3) is 0 Å². The van der Waals surface area contributed by atoms with Crippen molar-refractivity contribution in [3.63, 3.8) is 0 Å². The fourth-order valence-electron chi connectivity index (χ4n) is 1.98. The molecule has 119 valence electrons. The summed E-state index contributed by atoms with van der Waals surface area (Å²) in [6.45, 7) is 5.40. The first-order valence-corrected chi connectivity index (χ1v) is 7.34. The highest BCUT2D eigenvalue weighted by Gasteiger charge is 2.24. The van der Waals surface area contributed by atoms with Crippen LogP contribution in [-0.4, -0.2) is 15.8 Å².